The molecule has 0 spiro atoms. The Labute approximate surface area is 122 Å². The van der Waals surface area contributed by atoms with Crippen LogP contribution in [0.1, 0.15) is 64.7 Å². The maximum absolute atomic E-state index is 12.0. The second kappa shape index (κ2) is 6.90. The summed E-state index contributed by atoms with van der Waals surface area (Å²) in [4.78, 5) is 12.0. The molecule has 0 aromatic rings. The van der Waals surface area contributed by atoms with Crippen LogP contribution in [0.5, 0.6) is 0 Å². The van der Waals surface area contributed by atoms with Crippen molar-refractivity contribution in [2.75, 3.05) is 19.8 Å². The second-order valence-corrected chi connectivity index (χ2v) is 6.69. The molecular formula is C16H29NO3. The van der Waals surface area contributed by atoms with E-state index in [4.69, 9.17) is 4.74 Å². The Balaban J connectivity index is 1.71. The lowest BCUT2D eigenvalue weighted by molar-refractivity contribution is -0.126. The van der Waals surface area contributed by atoms with Crippen molar-refractivity contribution in [1.82, 2.24) is 5.32 Å². The molecule has 2 fully saturated rings. The van der Waals surface area contributed by atoms with Crippen LogP contribution in [0.25, 0.3) is 0 Å². The van der Waals surface area contributed by atoms with Crippen LogP contribution in [0, 0.1) is 5.41 Å². The minimum Gasteiger partial charge on any atom is -0.389 e. The molecule has 2 rings (SSSR count). The maximum atomic E-state index is 12.0. The summed E-state index contributed by atoms with van der Waals surface area (Å²) in [7, 11) is 0. The Morgan fingerprint density at radius 2 is 1.90 bits per heavy atom. The highest BCUT2D eigenvalue weighted by Gasteiger charge is 2.38. The summed E-state index contributed by atoms with van der Waals surface area (Å²) >= 11 is 0. The molecule has 4 heteroatoms. The van der Waals surface area contributed by atoms with Crippen molar-refractivity contribution in [3.63, 3.8) is 0 Å². The van der Waals surface area contributed by atoms with Crippen LogP contribution in [0.2, 0.25) is 0 Å². The summed E-state index contributed by atoms with van der Waals surface area (Å²) in [6.45, 7) is 4.30. The van der Waals surface area contributed by atoms with Crippen LogP contribution >= 0.6 is 0 Å². The fraction of sp³-hybridized carbons (Fsp3) is 0.938. The monoisotopic (exact) mass is 283 g/mol. The molecule has 1 amide bonds. The van der Waals surface area contributed by atoms with Crippen molar-refractivity contribution in [2.45, 2.75) is 70.3 Å². The van der Waals surface area contributed by atoms with Gasteiger partial charge in [-0.3, -0.25) is 4.79 Å². The highest BCUT2D eigenvalue weighted by atomic mass is 16.5. The molecule has 2 aliphatic rings. The third kappa shape index (κ3) is 4.19. The number of hydrogen-bond acceptors (Lipinski definition) is 3. The lowest BCUT2D eigenvalue weighted by atomic mass is 9.66. The van der Waals surface area contributed by atoms with Gasteiger partial charge in [0, 0.05) is 19.8 Å². The predicted octanol–water partition coefficient (Wildman–Crippen LogP) is 2.39. The molecule has 0 aliphatic heterocycles. The number of amides is 1. The first-order valence-electron chi connectivity index (χ1n) is 8.14. The van der Waals surface area contributed by atoms with Crippen LogP contribution in [0.15, 0.2) is 0 Å². The number of aliphatic hydroxyl groups is 1. The van der Waals surface area contributed by atoms with Crippen LogP contribution in [0.4, 0.5) is 0 Å². The summed E-state index contributed by atoms with van der Waals surface area (Å²) in [6, 6.07) is 0. The van der Waals surface area contributed by atoms with E-state index < -0.39 is 5.60 Å². The van der Waals surface area contributed by atoms with Gasteiger partial charge in [-0.1, -0.05) is 19.3 Å². The molecule has 2 N–H and O–H groups in total. The van der Waals surface area contributed by atoms with Gasteiger partial charge in [-0.15, -0.1) is 0 Å². The smallest absolute Gasteiger partial charge is 0.222 e. The minimum atomic E-state index is -0.734. The Hall–Kier alpha value is -0.610. The van der Waals surface area contributed by atoms with Gasteiger partial charge in [0.1, 0.15) is 0 Å². The van der Waals surface area contributed by atoms with E-state index in [1.807, 2.05) is 6.92 Å². The van der Waals surface area contributed by atoms with E-state index in [1.54, 1.807) is 0 Å². The zero-order valence-electron chi connectivity index (χ0n) is 12.7. The first-order valence-corrected chi connectivity index (χ1v) is 8.14. The molecule has 0 heterocycles. The molecule has 0 atom stereocenters. The number of carbonyl (C=O) groups is 1. The van der Waals surface area contributed by atoms with Gasteiger partial charge in [0.2, 0.25) is 5.91 Å². The molecule has 0 radical (unpaired) electrons. The fourth-order valence-electron chi connectivity index (χ4n) is 3.48. The molecule has 116 valence electrons. The van der Waals surface area contributed by atoms with Crippen molar-refractivity contribution in [3.05, 3.63) is 0 Å². The summed E-state index contributed by atoms with van der Waals surface area (Å²) in [6.07, 6.45) is 8.57. The van der Waals surface area contributed by atoms with E-state index in [1.165, 1.54) is 19.3 Å². The third-order valence-corrected chi connectivity index (χ3v) is 5.08. The van der Waals surface area contributed by atoms with E-state index in [0.717, 1.165) is 51.9 Å². The van der Waals surface area contributed by atoms with Gasteiger partial charge >= 0.3 is 0 Å². The molecule has 0 saturated heterocycles. The molecule has 2 aliphatic carbocycles. The Morgan fingerprint density at radius 1 is 1.20 bits per heavy atom. The number of hydrogen-bond donors (Lipinski definition) is 2. The van der Waals surface area contributed by atoms with E-state index in [-0.39, 0.29) is 17.7 Å². The first kappa shape index (κ1) is 15.8. The Morgan fingerprint density at radius 3 is 2.45 bits per heavy atom. The topological polar surface area (TPSA) is 58.6 Å². The first-order chi connectivity index (χ1) is 9.58. The van der Waals surface area contributed by atoms with Gasteiger partial charge in [0.15, 0.2) is 0 Å². The van der Waals surface area contributed by atoms with E-state index >= 15 is 0 Å². The summed E-state index contributed by atoms with van der Waals surface area (Å²) < 4.78 is 5.44. The van der Waals surface area contributed by atoms with Gasteiger partial charge in [-0.05, 0) is 44.4 Å². The van der Waals surface area contributed by atoms with Crippen LogP contribution < -0.4 is 5.32 Å². The van der Waals surface area contributed by atoms with Crippen molar-refractivity contribution in [3.8, 4) is 0 Å². The third-order valence-electron chi connectivity index (χ3n) is 5.08. The minimum absolute atomic E-state index is 0.0112. The lowest BCUT2D eigenvalue weighted by Gasteiger charge is -2.42. The van der Waals surface area contributed by atoms with Gasteiger partial charge in [0.25, 0.3) is 0 Å². The number of ether oxygens (including phenoxy) is 1. The standard InChI is InChI=1S/C16H29NO3/c1-2-20-11-10-15(6-5-7-15)13-17-14(18)12-16(19)8-3-4-9-16/h19H,2-13H2,1H3,(H,17,18). The highest BCUT2D eigenvalue weighted by Crippen LogP contribution is 2.43. The van der Waals surface area contributed by atoms with Crippen molar-refractivity contribution >= 4 is 5.91 Å². The molecular weight excluding hydrogens is 254 g/mol. The van der Waals surface area contributed by atoms with E-state index in [9.17, 15) is 9.90 Å². The largest absolute Gasteiger partial charge is 0.389 e. The predicted molar refractivity (Wildman–Crippen MR) is 78.4 cm³/mol. The average Bonchev–Trinajstić information content (AvgIpc) is 2.78. The highest BCUT2D eigenvalue weighted by molar-refractivity contribution is 5.77. The quantitative estimate of drug-likeness (QED) is 0.673. The van der Waals surface area contributed by atoms with Crippen LogP contribution in [0.3, 0.4) is 0 Å². The summed E-state index contributed by atoms with van der Waals surface area (Å²) in [5.41, 5.74) is -0.481. The zero-order chi connectivity index (χ0) is 14.5. The average molecular weight is 283 g/mol. The lowest BCUT2D eigenvalue weighted by Crippen LogP contribution is -2.44. The molecule has 2 saturated carbocycles. The summed E-state index contributed by atoms with van der Waals surface area (Å²) in [5.74, 6) is 0.0112. The van der Waals surface area contributed by atoms with Crippen molar-refractivity contribution in [1.29, 1.82) is 0 Å². The van der Waals surface area contributed by atoms with Gasteiger partial charge in [-0.25, -0.2) is 0 Å². The Bertz CT molecular complexity index is 320. The molecule has 0 aromatic heterocycles. The van der Waals surface area contributed by atoms with Gasteiger partial charge in [-0.2, -0.15) is 0 Å². The van der Waals surface area contributed by atoms with Gasteiger partial charge < -0.3 is 15.2 Å². The Kier molecular flexibility index (Phi) is 5.44. The normalized spacial score (nSPS) is 23.3. The second-order valence-electron chi connectivity index (χ2n) is 6.69. The van der Waals surface area contributed by atoms with Crippen LogP contribution in [-0.2, 0) is 9.53 Å². The fourth-order valence-corrected chi connectivity index (χ4v) is 3.48. The van der Waals surface area contributed by atoms with E-state index in [0.29, 0.717) is 0 Å². The summed E-state index contributed by atoms with van der Waals surface area (Å²) in [5, 5.41) is 13.3. The van der Waals surface area contributed by atoms with Gasteiger partial charge in [0.05, 0.1) is 12.0 Å². The SMILES string of the molecule is CCOCCC1(CNC(=O)CC2(O)CCCC2)CCC1. The number of rotatable bonds is 8. The molecule has 0 bridgehead atoms. The number of carbonyl (C=O) groups excluding carboxylic acids is 1. The van der Waals surface area contributed by atoms with Crippen LogP contribution in [-0.4, -0.2) is 36.4 Å². The molecule has 0 unspecified atom stereocenters. The number of nitrogens with one attached hydrogen (secondary N) is 1. The molecule has 4 nitrogen and oxygen atoms in total. The zero-order valence-corrected chi connectivity index (χ0v) is 12.7. The van der Waals surface area contributed by atoms with Crippen molar-refractivity contribution < 1.29 is 14.6 Å². The molecule has 20 heavy (non-hydrogen) atoms. The molecule has 0 aromatic carbocycles. The maximum Gasteiger partial charge on any atom is 0.222 e. The van der Waals surface area contributed by atoms with E-state index in [2.05, 4.69) is 5.32 Å². The van der Waals surface area contributed by atoms with Crippen molar-refractivity contribution in [2.24, 2.45) is 5.41 Å².